The maximum absolute atomic E-state index is 13.6. The summed E-state index contributed by atoms with van der Waals surface area (Å²) in [4.78, 5) is 36.6. The molecular weight excluding hydrogens is 451 g/mol. The summed E-state index contributed by atoms with van der Waals surface area (Å²) >= 11 is 0. The molecule has 0 radical (unpaired) electrons. The molecule has 1 atom stereocenters. The Morgan fingerprint density at radius 3 is 2.14 bits per heavy atom. The molecule has 8 heteroatoms. The average molecular weight is 477 g/mol. The second-order valence-electron chi connectivity index (χ2n) is 8.68. The number of alkyl carbamates (subject to hydrolysis) is 1. The topological polar surface area (TPSA) is 105 Å². The minimum Gasteiger partial charge on any atom is -0.478 e. The van der Waals surface area contributed by atoms with E-state index in [1.807, 2.05) is 48.5 Å². The van der Waals surface area contributed by atoms with E-state index in [2.05, 4.69) is 10.6 Å². The maximum Gasteiger partial charge on any atom is 0.407 e. The summed E-state index contributed by atoms with van der Waals surface area (Å²) in [5.74, 6) is -3.34. The van der Waals surface area contributed by atoms with Crippen LogP contribution >= 0.6 is 0 Å². The highest BCUT2D eigenvalue weighted by molar-refractivity contribution is 5.98. The van der Waals surface area contributed by atoms with E-state index in [4.69, 9.17) is 9.84 Å². The van der Waals surface area contributed by atoms with Gasteiger partial charge in [-0.2, -0.15) is 0 Å². The molecule has 0 fully saturated rings. The van der Waals surface area contributed by atoms with Gasteiger partial charge in [-0.1, -0.05) is 62.4 Å². The van der Waals surface area contributed by atoms with Crippen molar-refractivity contribution in [2.75, 3.05) is 11.9 Å². The predicted molar refractivity (Wildman–Crippen MR) is 129 cm³/mol. The SMILES string of the molecule is CC(C)[C@H](NC(=O)OCC1c2ccccc2-c2ccccc21)C(=O)Nc1ccc(F)c(C(=O)O)c1. The van der Waals surface area contributed by atoms with E-state index in [0.29, 0.717) is 0 Å². The summed E-state index contributed by atoms with van der Waals surface area (Å²) in [5, 5.41) is 14.2. The van der Waals surface area contributed by atoms with Crippen molar-refractivity contribution in [3.63, 3.8) is 0 Å². The van der Waals surface area contributed by atoms with E-state index < -0.39 is 35.4 Å². The molecule has 0 aliphatic heterocycles. The summed E-state index contributed by atoms with van der Waals surface area (Å²) in [7, 11) is 0. The standard InChI is InChI=1S/C27H25FN2O5/c1-15(2)24(25(31)29-16-11-12-23(28)21(13-16)26(32)33)30-27(34)35-14-22-19-9-5-3-7-17(19)18-8-4-6-10-20(18)22/h3-13,15,22,24H,14H2,1-2H3,(H,29,31)(H,30,34)(H,32,33)/t24-/m0/s1. The number of rotatable bonds is 7. The van der Waals surface area contributed by atoms with Crippen molar-refractivity contribution in [3.8, 4) is 11.1 Å². The van der Waals surface area contributed by atoms with Crippen LogP contribution in [-0.2, 0) is 9.53 Å². The average Bonchev–Trinajstić information content (AvgIpc) is 3.15. The fourth-order valence-electron chi connectivity index (χ4n) is 4.29. The lowest BCUT2D eigenvalue weighted by molar-refractivity contribution is -0.119. The van der Waals surface area contributed by atoms with Gasteiger partial charge in [0, 0.05) is 11.6 Å². The van der Waals surface area contributed by atoms with Gasteiger partial charge in [-0.25, -0.2) is 14.0 Å². The van der Waals surface area contributed by atoms with Crippen molar-refractivity contribution in [2.45, 2.75) is 25.8 Å². The van der Waals surface area contributed by atoms with Gasteiger partial charge in [0.1, 0.15) is 18.5 Å². The van der Waals surface area contributed by atoms with Gasteiger partial charge in [0.05, 0.1) is 5.56 Å². The Bertz CT molecular complexity index is 1240. The van der Waals surface area contributed by atoms with Crippen molar-refractivity contribution in [3.05, 3.63) is 89.2 Å². The number of anilines is 1. The number of fused-ring (bicyclic) bond motifs is 3. The number of benzene rings is 3. The summed E-state index contributed by atoms with van der Waals surface area (Å²) in [6, 6.07) is 18.2. The minimum atomic E-state index is -1.45. The van der Waals surface area contributed by atoms with Crippen LogP contribution < -0.4 is 10.6 Å². The molecule has 1 aliphatic carbocycles. The van der Waals surface area contributed by atoms with Crippen molar-refractivity contribution >= 4 is 23.7 Å². The van der Waals surface area contributed by atoms with Gasteiger partial charge in [-0.05, 0) is 46.4 Å². The molecule has 2 amide bonds. The van der Waals surface area contributed by atoms with Gasteiger partial charge < -0.3 is 20.5 Å². The largest absolute Gasteiger partial charge is 0.478 e. The Morgan fingerprint density at radius 1 is 0.971 bits per heavy atom. The van der Waals surface area contributed by atoms with Crippen molar-refractivity contribution < 1.29 is 28.6 Å². The smallest absolute Gasteiger partial charge is 0.407 e. The van der Waals surface area contributed by atoms with Crippen molar-refractivity contribution in [2.24, 2.45) is 5.92 Å². The number of hydrogen-bond donors (Lipinski definition) is 3. The Kier molecular flexibility index (Phi) is 6.82. The number of hydrogen-bond acceptors (Lipinski definition) is 4. The van der Waals surface area contributed by atoms with E-state index >= 15 is 0 Å². The first-order chi connectivity index (χ1) is 16.8. The fraction of sp³-hybridized carbons (Fsp3) is 0.222. The lowest BCUT2D eigenvalue weighted by Crippen LogP contribution is -2.47. The van der Waals surface area contributed by atoms with Crippen LogP contribution in [0.5, 0.6) is 0 Å². The van der Waals surface area contributed by atoms with E-state index in [1.165, 1.54) is 6.07 Å². The fourth-order valence-corrected chi connectivity index (χ4v) is 4.29. The van der Waals surface area contributed by atoms with Crippen LogP contribution in [0.4, 0.5) is 14.9 Å². The normalized spacial score (nSPS) is 13.0. The summed E-state index contributed by atoms with van der Waals surface area (Å²) in [6.45, 7) is 3.61. The van der Waals surface area contributed by atoms with Gasteiger partial charge >= 0.3 is 12.1 Å². The molecule has 0 unspecified atom stereocenters. The van der Waals surface area contributed by atoms with Gasteiger partial charge in [-0.3, -0.25) is 4.79 Å². The first-order valence-corrected chi connectivity index (χ1v) is 11.2. The van der Waals surface area contributed by atoms with Crippen molar-refractivity contribution in [1.82, 2.24) is 5.32 Å². The Balaban J connectivity index is 1.42. The van der Waals surface area contributed by atoms with Crippen LogP contribution in [0.15, 0.2) is 66.7 Å². The third kappa shape index (κ3) is 5.01. The van der Waals surface area contributed by atoms with Crippen LogP contribution in [0.3, 0.4) is 0 Å². The van der Waals surface area contributed by atoms with Crippen LogP contribution in [0, 0.1) is 11.7 Å². The molecule has 3 aromatic carbocycles. The van der Waals surface area contributed by atoms with Gasteiger partial charge in [-0.15, -0.1) is 0 Å². The molecule has 0 spiro atoms. The van der Waals surface area contributed by atoms with Crippen LogP contribution in [0.25, 0.3) is 11.1 Å². The van der Waals surface area contributed by atoms with E-state index in [-0.39, 0.29) is 24.1 Å². The molecule has 0 saturated carbocycles. The summed E-state index contributed by atoms with van der Waals surface area (Å²) in [6.07, 6.45) is -0.744. The lowest BCUT2D eigenvalue weighted by Gasteiger charge is -2.22. The minimum absolute atomic E-state index is 0.103. The molecule has 35 heavy (non-hydrogen) atoms. The molecule has 0 bridgehead atoms. The third-order valence-corrected chi connectivity index (χ3v) is 6.03. The molecular formula is C27H25FN2O5. The number of halogens is 1. The maximum atomic E-state index is 13.6. The number of carbonyl (C=O) groups excluding carboxylic acids is 2. The van der Waals surface area contributed by atoms with Crippen LogP contribution in [-0.4, -0.2) is 35.7 Å². The molecule has 0 heterocycles. The highest BCUT2D eigenvalue weighted by Crippen LogP contribution is 2.44. The number of carboxylic acid groups (broad SMARTS) is 1. The molecule has 0 saturated heterocycles. The van der Waals surface area contributed by atoms with E-state index in [9.17, 15) is 18.8 Å². The summed E-state index contributed by atoms with van der Waals surface area (Å²) in [5.41, 5.74) is 3.91. The number of aromatic carboxylic acids is 1. The van der Waals surface area contributed by atoms with Crippen LogP contribution in [0.2, 0.25) is 0 Å². The molecule has 1 aliphatic rings. The first-order valence-electron chi connectivity index (χ1n) is 11.2. The number of ether oxygens (including phenoxy) is 1. The second-order valence-corrected chi connectivity index (χ2v) is 8.68. The van der Waals surface area contributed by atoms with Crippen LogP contribution in [0.1, 0.15) is 41.3 Å². The number of carboxylic acids is 1. The third-order valence-electron chi connectivity index (χ3n) is 6.03. The van der Waals surface area contributed by atoms with Crippen molar-refractivity contribution in [1.29, 1.82) is 0 Å². The zero-order chi connectivity index (χ0) is 25.1. The predicted octanol–water partition coefficient (Wildman–Crippen LogP) is 5.03. The zero-order valence-corrected chi connectivity index (χ0v) is 19.2. The Hall–Kier alpha value is -4.20. The summed E-state index contributed by atoms with van der Waals surface area (Å²) < 4.78 is 19.2. The van der Waals surface area contributed by atoms with Gasteiger partial charge in [0.15, 0.2) is 0 Å². The quantitative estimate of drug-likeness (QED) is 0.444. The molecule has 3 aromatic rings. The molecule has 180 valence electrons. The molecule has 3 N–H and O–H groups in total. The number of amides is 2. The molecule has 4 rings (SSSR count). The highest BCUT2D eigenvalue weighted by Gasteiger charge is 2.30. The van der Waals surface area contributed by atoms with Gasteiger partial charge in [0.2, 0.25) is 5.91 Å². The highest BCUT2D eigenvalue weighted by atomic mass is 19.1. The van der Waals surface area contributed by atoms with E-state index in [0.717, 1.165) is 34.4 Å². The zero-order valence-electron chi connectivity index (χ0n) is 19.2. The number of nitrogens with one attached hydrogen (secondary N) is 2. The number of carbonyl (C=O) groups is 3. The Morgan fingerprint density at radius 2 is 1.57 bits per heavy atom. The van der Waals surface area contributed by atoms with Gasteiger partial charge in [0.25, 0.3) is 0 Å². The first kappa shape index (κ1) is 23.9. The Labute approximate surface area is 201 Å². The molecule has 7 nitrogen and oxygen atoms in total. The monoisotopic (exact) mass is 476 g/mol. The second kappa shape index (κ2) is 9.97. The molecule has 0 aromatic heterocycles. The lowest BCUT2D eigenvalue weighted by atomic mass is 9.98. The van der Waals surface area contributed by atoms with E-state index in [1.54, 1.807) is 13.8 Å².